The first-order valence-electron chi connectivity index (χ1n) is 7.00. The van der Waals surface area contributed by atoms with E-state index in [0.717, 1.165) is 11.3 Å². The van der Waals surface area contributed by atoms with E-state index in [1.807, 2.05) is 24.3 Å². The molecule has 2 rings (SSSR count). The Labute approximate surface area is 128 Å². The smallest absolute Gasteiger partial charge is 0.363 e. The Hall–Kier alpha value is -2.70. The molecule has 0 saturated carbocycles. The van der Waals surface area contributed by atoms with Crippen LogP contribution in [-0.4, -0.2) is 28.0 Å². The summed E-state index contributed by atoms with van der Waals surface area (Å²) in [6.07, 6.45) is 1.62. The molecule has 0 bridgehead atoms. The number of nitrogens with zero attached hydrogens (tertiary/aromatic N) is 3. The minimum atomic E-state index is -0.524. The molecule has 1 aromatic heterocycles. The van der Waals surface area contributed by atoms with Crippen LogP contribution < -0.4 is 15.9 Å². The number of para-hydroxylation sites is 1. The molecule has 0 aliphatic carbocycles. The summed E-state index contributed by atoms with van der Waals surface area (Å²) < 4.78 is 5.74. The van der Waals surface area contributed by atoms with Crippen LogP contribution in [0.5, 0.6) is 5.75 Å². The Morgan fingerprint density at radius 2 is 2.18 bits per heavy atom. The number of aromatic amines is 1. The molecule has 0 spiro atoms. The molecule has 0 atom stereocenters. The number of hydrazone groups is 1. The van der Waals surface area contributed by atoms with Crippen molar-refractivity contribution in [3.05, 3.63) is 46.0 Å². The van der Waals surface area contributed by atoms with Gasteiger partial charge in [-0.25, -0.2) is 9.89 Å². The standard InChI is InChI=1S/C15H19N5O2/c1-10(2)9-22-13-7-5-4-6-12(13)8-16-19-14-11(3)18-20-15(21)17-14/h4-8,10H,9H2,1-3H3,(H2,17,19,20,21)/b16-8+. The maximum atomic E-state index is 11.1. The lowest BCUT2D eigenvalue weighted by Crippen LogP contribution is -2.15. The molecule has 1 aromatic carbocycles. The molecule has 0 fully saturated rings. The molecule has 0 amide bonds. The molecule has 0 radical (unpaired) electrons. The van der Waals surface area contributed by atoms with Crippen molar-refractivity contribution < 1.29 is 4.74 Å². The molecule has 0 unspecified atom stereocenters. The van der Waals surface area contributed by atoms with Crippen molar-refractivity contribution in [3.63, 3.8) is 0 Å². The van der Waals surface area contributed by atoms with E-state index in [1.54, 1.807) is 13.1 Å². The van der Waals surface area contributed by atoms with Gasteiger partial charge in [0.05, 0.1) is 12.8 Å². The van der Waals surface area contributed by atoms with Crippen molar-refractivity contribution in [2.45, 2.75) is 20.8 Å². The average molecular weight is 301 g/mol. The van der Waals surface area contributed by atoms with Crippen LogP contribution in [-0.2, 0) is 0 Å². The molecule has 116 valence electrons. The summed E-state index contributed by atoms with van der Waals surface area (Å²) in [7, 11) is 0. The monoisotopic (exact) mass is 301 g/mol. The first-order chi connectivity index (χ1) is 10.6. The van der Waals surface area contributed by atoms with E-state index >= 15 is 0 Å². The summed E-state index contributed by atoms with van der Waals surface area (Å²) in [6.45, 7) is 6.54. The molecule has 2 aromatic rings. The molecule has 0 aliphatic heterocycles. The van der Waals surface area contributed by atoms with Gasteiger partial charge in [0, 0.05) is 5.56 Å². The number of ether oxygens (including phenoxy) is 1. The molecule has 0 saturated heterocycles. The van der Waals surface area contributed by atoms with Gasteiger partial charge in [0.15, 0.2) is 5.82 Å². The highest BCUT2D eigenvalue weighted by molar-refractivity contribution is 5.83. The van der Waals surface area contributed by atoms with Crippen LogP contribution >= 0.6 is 0 Å². The highest BCUT2D eigenvalue weighted by atomic mass is 16.5. The van der Waals surface area contributed by atoms with E-state index in [4.69, 9.17) is 4.74 Å². The predicted molar refractivity (Wildman–Crippen MR) is 85.4 cm³/mol. The van der Waals surface area contributed by atoms with Crippen LogP contribution in [0.25, 0.3) is 0 Å². The molecule has 1 heterocycles. The number of hydrogen-bond donors (Lipinski definition) is 2. The zero-order valence-electron chi connectivity index (χ0n) is 12.8. The Bertz CT molecular complexity index is 709. The lowest BCUT2D eigenvalue weighted by Gasteiger charge is -2.10. The van der Waals surface area contributed by atoms with Gasteiger partial charge >= 0.3 is 5.69 Å². The first kappa shape index (κ1) is 15.7. The second-order valence-corrected chi connectivity index (χ2v) is 5.19. The number of hydrogen-bond acceptors (Lipinski definition) is 6. The van der Waals surface area contributed by atoms with Crippen LogP contribution in [0, 0.1) is 12.8 Å². The third-order valence-corrected chi connectivity index (χ3v) is 2.74. The number of aromatic nitrogens is 3. The number of H-pyrrole nitrogens is 1. The molecular weight excluding hydrogens is 282 g/mol. The summed E-state index contributed by atoms with van der Waals surface area (Å²) in [5.74, 6) is 1.52. The van der Waals surface area contributed by atoms with E-state index in [0.29, 0.717) is 24.0 Å². The van der Waals surface area contributed by atoms with Crippen molar-refractivity contribution in [1.82, 2.24) is 15.2 Å². The summed E-state index contributed by atoms with van der Waals surface area (Å²) in [5.41, 5.74) is 3.59. The SMILES string of the molecule is Cc1n[nH]c(=O)nc1N/N=C/c1ccccc1OCC(C)C. The average Bonchev–Trinajstić information content (AvgIpc) is 2.49. The second kappa shape index (κ2) is 7.35. The number of nitrogens with one attached hydrogen (secondary N) is 2. The number of benzene rings is 1. The van der Waals surface area contributed by atoms with Crippen molar-refractivity contribution in [3.8, 4) is 5.75 Å². The Morgan fingerprint density at radius 3 is 2.95 bits per heavy atom. The predicted octanol–water partition coefficient (Wildman–Crippen LogP) is 1.95. The maximum absolute atomic E-state index is 11.1. The third kappa shape index (κ3) is 4.41. The Balaban J connectivity index is 2.10. The number of aryl methyl sites for hydroxylation is 1. The highest BCUT2D eigenvalue weighted by Gasteiger charge is 2.03. The molecule has 7 nitrogen and oxygen atoms in total. The molecule has 0 aliphatic rings. The van der Waals surface area contributed by atoms with Gasteiger partial charge in [-0.15, -0.1) is 0 Å². The summed E-state index contributed by atoms with van der Waals surface area (Å²) >= 11 is 0. The van der Waals surface area contributed by atoms with Gasteiger partial charge in [-0.1, -0.05) is 26.0 Å². The van der Waals surface area contributed by atoms with Crippen molar-refractivity contribution in [2.24, 2.45) is 11.0 Å². The number of rotatable bonds is 6. The second-order valence-electron chi connectivity index (χ2n) is 5.19. The van der Waals surface area contributed by atoms with E-state index in [2.05, 4.69) is 39.6 Å². The fourth-order valence-electron chi connectivity index (χ4n) is 1.64. The van der Waals surface area contributed by atoms with Crippen LogP contribution in [0.4, 0.5) is 5.82 Å². The van der Waals surface area contributed by atoms with Crippen molar-refractivity contribution >= 4 is 12.0 Å². The minimum Gasteiger partial charge on any atom is -0.493 e. The zero-order valence-corrected chi connectivity index (χ0v) is 12.8. The molecule has 22 heavy (non-hydrogen) atoms. The van der Waals surface area contributed by atoms with E-state index in [1.165, 1.54) is 0 Å². The van der Waals surface area contributed by atoms with E-state index < -0.39 is 5.69 Å². The molecule has 7 heteroatoms. The summed E-state index contributed by atoms with van der Waals surface area (Å²) in [4.78, 5) is 14.9. The lowest BCUT2D eigenvalue weighted by molar-refractivity contribution is 0.271. The van der Waals surface area contributed by atoms with Gasteiger partial charge in [-0.05, 0) is 25.0 Å². The Morgan fingerprint density at radius 1 is 1.41 bits per heavy atom. The van der Waals surface area contributed by atoms with Crippen LogP contribution in [0.2, 0.25) is 0 Å². The van der Waals surface area contributed by atoms with Gasteiger partial charge in [0.2, 0.25) is 0 Å². The van der Waals surface area contributed by atoms with Gasteiger partial charge in [-0.3, -0.25) is 5.43 Å². The fraction of sp³-hybridized carbons (Fsp3) is 0.333. The maximum Gasteiger partial charge on any atom is 0.363 e. The van der Waals surface area contributed by atoms with Gasteiger partial charge in [-0.2, -0.15) is 15.2 Å². The van der Waals surface area contributed by atoms with Gasteiger partial charge < -0.3 is 4.74 Å². The Kier molecular flexibility index (Phi) is 5.24. The van der Waals surface area contributed by atoms with Crippen LogP contribution in [0.3, 0.4) is 0 Å². The van der Waals surface area contributed by atoms with Gasteiger partial charge in [0.1, 0.15) is 11.4 Å². The fourth-order valence-corrected chi connectivity index (χ4v) is 1.64. The zero-order chi connectivity index (χ0) is 15.9. The summed E-state index contributed by atoms with van der Waals surface area (Å²) in [5, 5.41) is 10.2. The van der Waals surface area contributed by atoms with Crippen LogP contribution in [0.1, 0.15) is 25.1 Å². The van der Waals surface area contributed by atoms with E-state index in [9.17, 15) is 4.79 Å². The molecule has 2 N–H and O–H groups in total. The topological polar surface area (TPSA) is 92.3 Å². The largest absolute Gasteiger partial charge is 0.493 e. The number of anilines is 1. The molecular formula is C15H19N5O2. The minimum absolute atomic E-state index is 0.320. The normalized spacial score (nSPS) is 11.1. The van der Waals surface area contributed by atoms with Crippen molar-refractivity contribution in [2.75, 3.05) is 12.0 Å². The van der Waals surface area contributed by atoms with E-state index in [-0.39, 0.29) is 0 Å². The highest BCUT2D eigenvalue weighted by Crippen LogP contribution is 2.17. The third-order valence-electron chi connectivity index (χ3n) is 2.74. The summed E-state index contributed by atoms with van der Waals surface area (Å²) in [6, 6.07) is 7.61. The quantitative estimate of drug-likeness (QED) is 0.628. The lowest BCUT2D eigenvalue weighted by atomic mass is 10.2. The van der Waals surface area contributed by atoms with Gasteiger partial charge in [0.25, 0.3) is 0 Å². The van der Waals surface area contributed by atoms with Crippen LogP contribution in [0.15, 0.2) is 34.2 Å². The first-order valence-corrected chi connectivity index (χ1v) is 7.00. The van der Waals surface area contributed by atoms with Crippen molar-refractivity contribution in [1.29, 1.82) is 0 Å².